The van der Waals surface area contributed by atoms with E-state index < -0.39 is 24.9 Å². The summed E-state index contributed by atoms with van der Waals surface area (Å²) >= 11 is 0. The van der Waals surface area contributed by atoms with Crippen LogP contribution in [-0.2, 0) is 4.57 Å². The van der Waals surface area contributed by atoms with Gasteiger partial charge in [-0.1, -0.05) is 25.1 Å². The first-order valence-corrected chi connectivity index (χ1v) is 8.17. The number of hydrogen-bond acceptors (Lipinski definition) is 4. The maximum absolute atomic E-state index is 11.6. The van der Waals surface area contributed by atoms with Gasteiger partial charge in [0, 0.05) is 5.92 Å². The Labute approximate surface area is 127 Å². The Morgan fingerprint density at radius 3 is 2.23 bits per heavy atom. The molecule has 5 N–H and O–H groups in total. The molecule has 0 aromatic heterocycles. The molecule has 0 saturated heterocycles. The highest BCUT2D eigenvalue weighted by atomic mass is 31.2. The van der Waals surface area contributed by atoms with Crippen molar-refractivity contribution in [2.75, 3.05) is 0 Å². The predicted octanol–water partition coefficient (Wildman–Crippen LogP) is 1.74. The molecule has 0 aliphatic carbocycles. The Hall–Kier alpha value is -1.85. The Morgan fingerprint density at radius 2 is 1.64 bits per heavy atom. The number of phenols is 2. The van der Waals surface area contributed by atoms with Gasteiger partial charge in [-0.3, -0.25) is 4.57 Å². The molecule has 0 fully saturated rings. The second-order valence-corrected chi connectivity index (χ2v) is 6.69. The average molecular weight is 324 g/mol. The van der Waals surface area contributed by atoms with Crippen molar-refractivity contribution in [3.63, 3.8) is 0 Å². The molecule has 0 amide bonds. The Kier molecular flexibility index (Phi) is 4.58. The van der Waals surface area contributed by atoms with Crippen molar-refractivity contribution >= 4 is 12.9 Å². The minimum Gasteiger partial charge on any atom is -0.508 e. The summed E-state index contributed by atoms with van der Waals surface area (Å²) in [6, 6.07) is 9.78. The van der Waals surface area contributed by atoms with E-state index in [9.17, 15) is 29.7 Å². The molecule has 0 aliphatic rings. The Bertz CT molecular complexity index is 724. The van der Waals surface area contributed by atoms with Crippen LogP contribution >= 0.6 is 7.60 Å². The lowest BCUT2D eigenvalue weighted by Crippen LogP contribution is -2.18. The van der Waals surface area contributed by atoms with Crippen LogP contribution in [0.15, 0.2) is 42.5 Å². The highest BCUT2D eigenvalue weighted by Gasteiger charge is 2.28. The van der Waals surface area contributed by atoms with Gasteiger partial charge in [0.25, 0.3) is 0 Å². The summed E-state index contributed by atoms with van der Waals surface area (Å²) in [6.07, 6.45) is -1.20. The van der Waals surface area contributed by atoms with Crippen LogP contribution in [0.5, 0.6) is 11.5 Å². The standard InChI is InChI=1S/C15H17O6P/c1-9(10-3-2-4-11(16)7-10)15(18)13-6-5-12(17)8-14(13)22(19,20)21/h2-9,15-18H,1H3,(H2,19,20,21). The van der Waals surface area contributed by atoms with Gasteiger partial charge in [-0.15, -0.1) is 0 Å². The summed E-state index contributed by atoms with van der Waals surface area (Å²) in [7, 11) is -4.65. The molecule has 2 unspecified atom stereocenters. The molecular weight excluding hydrogens is 307 g/mol. The van der Waals surface area contributed by atoms with Gasteiger partial charge < -0.3 is 25.1 Å². The van der Waals surface area contributed by atoms with Gasteiger partial charge in [-0.25, -0.2) is 0 Å². The van der Waals surface area contributed by atoms with E-state index in [-0.39, 0.29) is 17.1 Å². The maximum atomic E-state index is 11.6. The fourth-order valence-corrected chi connectivity index (χ4v) is 3.14. The van der Waals surface area contributed by atoms with Gasteiger partial charge >= 0.3 is 7.60 Å². The molecule has 0 radical (unpaired) electrons. The Balaban J connectivity index is 2.45. The molecule has 0 bridgehead atoms. The topological polar surface area (TPSA) is 118 Å². The fraction of sp³-hybridized carbons (Fsp3) is 0.200. The van der Waals surface area contributed by atoms with E-state index in [1.165, 1.54) is 24.3 Å². The quantitative estimate of drug-likeness (QED) is 0.547. The third-order valence-corrected chi connectivity index (χ3v) is 4.53. The number of aliphatic hydroxyl groups is 1. The number of benzene rings is 2. The van der Waals surface area contributed by atoms with Crippen molar-refractivity contribution in [3.05, 3.63) is 53.6 Å². The van der Waals surface area contributed by atoms with Gasteiger partial charge in [0.1, 0.15) is 11.5 Å². The van der Waals surface area contributed by atoms with Crippen molar-refractivity contribution in [2.45, 2.75) is 18.9 Å². The van der Waals surface area contributed by atoms with E-state index in [1.54, 1.807) is 19.1 Å². The summed E-state index contributed by atoms with van der Waals surface area (Å²) < 4.78 is 11.6. The zero-order valence-electron chi connectivity index (χ0n) is 11.8. The Morgan fingerprint density at radius 1 is 1.00 bits per heavy atom. The zero-order valence-corrected chi connectivity index (χ0v) is 12.7. The number of aliphatic hydroxyl groups excluding tert-OH is 1. The number of aromatic hydroxyl groups is 2. The molecule has 0 aliphatic heterocycles. The second kappa shape index (κ2) is 6.10. The number of rotatable bonds is 4. The van der Waals surface area contributed by atoms with Crippen LogP contribution in [0.2, 0.25) is 0 Å². The maximum Gasteiger partial charge on any atom is 0.356 e. The molecule has 2 aromatic rings. The molecular formula is C15H17O6P. The summed E-state index contributed by atoms with van der Waals surface area (Å²) in [5, 5.41) is 29.0. The first-order valence-electron chi connectivity index (χ1n) is 6.56. The van der Waals surface area contributed by atoms with E-state index in [1.807, 2.05) is 0 Å². The van der Waals surface area contributed by atoms with E-state index in [4.69, 9.17) is 0 Å². The van der Waals surface area contributed by atoms with Crippen LogP contribution in [0.1, 0.15) is 30.1 Å². The van der Waals surface area contributed by atoms with Gasteiger partial charge in [-0.05, 0) is 35.4 Å². The summed E-state index contributed by atoms with van der Waals surface area (Å²) in [6.45, 7) is 1.68. The van der Waals surface area contributed by atoms with Crippen molar-refractivity contribution in [1.82, 2.24) is 0 Å². The molecule has 22 heavy (non-hydrogen) atoms. The minimum absolute atomic E-state index is 0.0393. The molecule has 7 heteroatoms. The van der Waals surface area contributed by atoms with E-state index in [0.29, 0.717) is 5.56 Å². The summed E-state index contributed by atoms with van der Waals surface area (Å²) in [5.41, 5.74) is 0.666. The van der Waals surface area contributed by atoms with Crippen molar-refractivity contribution in [3.8, 4) is 11.5 Å². The van der Waals surface area contributed by atoms with Crippen LogP contribution in [0, 0.1) is 0 Å². The van der Waals surface area contributed by atoms with Gasteiger partial charge in [0.15, 0.2) is 0 Å². The highest BCUT2D eigenvalue weighted by Crippen LogP contribution is 2.40. The first-order chi connectivity index (χ1) is 10.2. The van der Waals surface area contributed by atoms with Crippen LogP contribution in [-0.4, -0.2) is 25.1 Å². The summed E-state index contributed by atoms with van der Waals surface area (Å²) in [4.78, 5) is 18.8. The van der Waals surface area contributed by atoms with Gasteiger partial charge in [0.2, 0.25) is 0 Å². The van der Waals surface area contributed by atoms with Crippen molar-refractivity contribution < 1.29 is 29.7 Å². The third kappa shape index (κ3) is 3.48. The number of hydrogen-bond donors (Lipinski definition) is 5. The normalized spacial score (nSPS) is 14.5. The predicted molar refractivity (Wildman–Crippen MR) is 81.3 cm³/mol. The van der Waals surface area contributed by atoms with Crippen LogP contribution < -0.4 is 5.30 Å². The monoisotopic (exact) mass is 324 g/mol. The molecule has 0 saturated carbocycles. The van der Waals surface area contributed by atoms with Crippen molar-refractivity contribution in [2.24, 2.45) is 0 Å². The van der Waals surface area contributed by atoms with Gasteiger partial charge in [0.05, 0.1) is 11.4 Å². The molecule has 2 atom stereocenters. The minimum atomic E-state index is -4.65. The van der Waals surface area contributed by atoms with Crippen LogP contribution in [0.3, 0.4) is 0 Å². The van der Waals surface area contributed by atoms with E-state index in [2.05, 4.69) is 0 Å². The third-order valence-electron chi connectivity index (χ3n) is 3.52. The largest absolute Gasteiger partial charge is 0.508 e. The van der Waals surface area contributed by atoms with E-state index in [0.717, 1.165) is 6.07 Å². The fourth-order valence-electron chi connectivity index (χ4n) is 2.29. The molecule has 118 valence electrons. The molecule has 0 heterocycles. The molecule has 2 aromatic carbocycles. The summed E-state index contributed by atoms with van der Waals surface area (Å²) in [5.74, 6) is -0.765. The lowest BCUT2D eigenvalue weighted by Gasteiger charge is -2.22. The zero-order chi connectivity index (χ0) is 16.5. The van der Waals surface area contributed by atoms with Crippen LogP contribution in [0.25, 0.3) is 0 Å². The lowest BCUT2D eigenvalue weighted by atomic mass is 9.90. The molecule has 0 spiro atoms. The average Bonchev–Trinajstić information content (AvgIpc) is 2.45. The highest BCUT2D eigenvalue weighted by molar-refractivity contribution is 7.60. The SMILES string of the molecule is CC(c1cccc(O)c1)C(O)c1ccc(O)cc1P(=O)(O)O. The van der Waals surface area contributed by atoms with Crippen molar-refractivity contribution in [1.29, 1.82) is 0 Å². The molecule has 6 nitrogen and oxygen atoms in total. The number of phenolic OH excluding ortho intramolecular Hbond substituents is 2. The van der Waals surface area contributed by atoms with Gasteiger partial charge in [-0.2, -0.15) is 0 Å². The van der Waals surface area contributed by atoms with E-state index >= 15 is 0 Å². The molecule has 2 rings (SSSR count). The first kappa shape index (κ1) is 16.5. The lowest BCUT2D eigenvalue weighted by molar-refractivity contribution is 0.152. The van der Waals surface area contributed by atoms with Crippen LogP contribution in [0.4, 0.5) is 0 Å². The smallest absolute Gasteiger partial charge is 0.356 e. The second-order valence-electron chi connectivity index (χ2n) is 5.12.